The lowest BCUT2D eigenvalue weighted by molar-refractivity contribution is -0.384. The fourth-order valence-electron chi connectivity index (χ4n) is 3.24. The van der Waals surface area contributed by atoms with Crippen LogP contribution in [0, 0.1) is 27.4 Å². The smallest absolute Gasteiger partial charge is 0.293 e. The molecule has 0 N–H and O–H groups in total. The van der Waals surface area contributed by atoms with Gasteiger partial charge < -0.3 is 14.7 Å². The number of hydrogen-bond donors (Lipinski definition) is 0. The van der Waals surface area contributed by atoms with E-state index < -0.39 is 4.92 Å². The molecule has 2 rings (SSSR count). The second-order valence-corrected chi connectivity index (χ2v) is 6.83. The number of nitro groups is 1. The number of nitrogens with zero attached hydrogens (tertiary/aromatic N) is 5. The maximum atomic E-state index is 12.7. The average Bonchev–Trinajstić information content (AvgIpc) is 2.70. The van der Waals surface area contributed by atoms with Crippen molar-refractivity contribution in [2.75, 3.05) is 44.2 Å². The van der Waals surface area contributed by atoms with Gasteiger partial charge in [-0.2, -0.15) is 5.26 Å². The van der Waals surface area contributed by atoms with E-state index in [2.05, 4.69) is 6.07 Å². The van der Waals surface area contributed by atoms with Gasteiger partial charge in [0, 0.05) is 57.8 Å². The van der Waals surface area contributed by atoms with E-state index in [0.29, 0.717) is 38.4 Å². The molecule has 1 heterocycles. The molecule has 0 bridgehead atoms. The molecule has 1 aliphatic rings. The highest BCUT2D eigenvalue weighted by Crippen LogP contribution is 2.30. The van der Waals surface area contributed by atoms with Crippen LogP contribution in [-0.2, 0) is 4.79 Å². The van der Waals surface area contributed by atoms with Crippen molar-refractivity contribution >= 4 is 23.2 Å². The zero-order chi connectivity index (χ0) is 20.8. The molecule has 2 amide bonds. The number of piperazine rings is 1. The van der Waals surface area contributed by atoms with Crippen molar-refractivity contribution < 1.29 is 14.5 Å². The van der Waals surface area contributed by atoms with Crippen LogP contribution in [0.15, 0.2) is 18.2 Å². The SMILES string of the molecule is CCN(CC(C)C#N)C(=O)c1ccc(N2CCN(C(C)=O)CC2)c([N+](=O)[O-])c1. The van der Waals surface area contributed by atoms with E-state index in [9.17, 15) is 19.7 Å². The lowest BCUT2D eigenvalue weighted by atomic mass is 10.1. The summed E-state index contributed by atoms with van der Waals surface area (Å²) in [4.78, 5) is 40.4. The number of amides is 2. The zero-order valence-electron chi connectivity index (χ0n) is 16.4. The van der Waals surface area contributed by atoms with Gasteiger partial charge in [0.05, 0.1) is 16.9 Å². The molecule has 0 radical (unpaired) electrons. The van der Waals surface area contributed by atoms with Crippen molar-refractivity contribution in [3.8, 4) is 6.07 Å². The lowest BCUT2D eigenvalue weighted by Crippen LogP contribution is -2.48. The van der Waals surface area contributed by atoms with E-state index in [1.165, 1.54) is 17.9 Å². The molecule has 0 aliphatic carbocycles. The zero-order valence-corrected chi connectivity index (χ0v) is 16.4. The molecular formula is C19H25N5O4. The number of nitro benzene ring substituents is 1. The van der Waals surface area contributed by atoms with E-state index in [-0.39, 0.29) is 35.5 Å². The van der Waals surface area contributed by atoms with Crippen molar-refractivity contribution in [2.45, 2.75) is 20.8 Å². The first-order chi connectivity index (χ1) is 13.3. The second kappa shape index (κ2) is 9.17. The largest absolute Gasteiger partial charge is 0.362 e. The van der Waals surface area contributed by atoms with Gasteiger partial charge in [0.25, 0.3) is 11.6 Å². The van der Waals surface area contributed by atoms with Gasteiger partial charge in [0.1, 0.15) is 5.69 Å². The van der Waals surface area contributed by atoms with Gasteiger partial charge in [0.15, 0.2) is 0 Å². The summed E-state index contributed by atoms with van der Waals surface area (Å²) in [5.41, 5.74) is 0.537. The molecule has 1 aromatic carbocycles. The molecule has 0 aromatic heterocycles. The molecule has 1 fully saturated rings. The minimum Gasteiger partial charge on any atom is -0.362 e. The van der Waals surface area contributed by atoms with Crippen molar-refractivity contribution in [2.24, 2.45) is 5.92 Å². The summed E-state index contributed by atoms with van der Waals surface area (Å²) in [6.07, 6.45) is 0. The Morgan fingerprint density at radius 1 is 1.32 bits per heavy atom. The fraction of sp³-hybridized carbons (Fsp3) is 0.526. The molecule has 1 saturated heterocycles. The van der Waals surface area contributed by atoms with Crippen LogP contribution in [0.2, 0.25) is 0 Å². The number of hydrogen-bond acceptors (Lipinski definition) is 6. The molecule has 28 heavy (non-hydrogen) atoms. The average molecular weight is 387 g/mol. The van der Waals surface area contributed by atoms with Gasteiger partial charge in [-0.3, -0.25) is 19.7 Å². The van der Waals surface area contributed by atoms with Crippen LogP contribution in [0.5, 0.6) is 0 Å². The standard InChI is InChI=1S/C19H25N5O4/c1-4-21(13-14(2)12-20)19(26)16-5-6-17(18(11-16)24(27)28)23-9-7-22(8-10-23)15(3)25/h5-6,11,14H,4,7-10,13H2,1-3H3. The van der Waals surface area contributed by atoms with E-state index in [0.717, 1.165) is 0 Å². The number of carbonyl (C=O) groups is 2. The maximum Gasteiger partial charge on any atom is 0.293 e. The second-order valence-electron chi connectivity index (χ2n) is 6.83. The van der Waals surface area contributed by atoms with Crippen molar-refractivity contribution in [3.05, 3.63) is 33.9 Å². The Balaban J connectivity index is 2.25. The minimum atomic E-state index is -0.488. The van der Waals surface area contributed by atoms with E-state index in [1.807, 2.05) is 4.90 Å². The van der Waals surface area contributed by atoms with Crippen molar-refractivity contribution in [1.29, 1.82) is 5.26 Å². The molecular weight excluding hydrogens is 362 g/mol. The summed E-state index contributed by atoms with van der Waals surface area (Å²) >= 11 is 0. The molecule has 1 atom stereocenters. The number of nitriles is 1. The van der Waals surface area contributed by atoms with Gasteiger partial charge >= 0.3 is 0 Å². The van der Waals surface area contributed by atoms with Gasteiger partial charge in [-0.25, -0.2) is 0 Å². The van der Waals surface area contributed by atoms with Crippen LogP contribution in [-0.4, -0.2) is 65.8 Å². The third-order valence-electron chi connectivity index (χ3n) is 4.87. The predicted octanol–water partition coefficient (Wildman–Crippen LogP) is 1.89. The molecule has 1 unspecified atom stereocenters. The molecule has 9 nitrogen and oxygen atoms in total. The number of anilines is 1. The highest BCUT2D eigenvalue weighted by atomic mass is 16.6. The first kappa shape index (κ1) is 21.2. The highest BCUT2D eigenvalue weighted by molar-refractivity contribution is 5.95. The Labute approximate surface area is 164 Å². The molecule has 9 heteroatoms. The maximum absolute atomic E-state index is 12.7. The van der Waals surface area contributed by atoms with E-state index >= 15 is 0 Å². The van der Waals surface area contributed by atoms with Crippen molar-refractivity contribution in [3.63, 3.8) is 0 Å². The summed E-state index contributed by atoms with van der Waals surface area (Å²) < 4.78 is 0. The summed E-state index contributed by atoms with van der Waals surface area (Å²) in [6.45, 7) is 7.71. The quantitative estimate of drug-likeness (QED) is 0.544. The van der Waals surface area contributed by atoms with Crippen LogP contribution in [0.4, 0.5) is 11.4 Å². The van der Waals surface area contributed by atoms with Crippen molar-refractivity contribution in [1.82, 2.24) is 9.80 Å². The fourth-order valence-corrected chi connectivity index (χ4v) is 3.24. The van der Waals surface area contributed by atoms with Gasteiger partial charge in [-0.05, 0) is 26.0 Å². The van der Waals surface area contributed by atoms with Crippen LogP contribution in [0.1, 0.15) is 31.1 Å². The van der Waals surface area contributed by atoms with Crippen LogP contribution < -0.4 is 4.90 Å². The van der Waals surface area contributed by atoms with Crippen LogP contribution in [0.3, 0.4) is 0 Å². The van der Waals surface area contributed by atoms with Gasteiger partial charge in [-0.15, -0.1) is 0 Å². The molecule has 0 spiro atoms. The Bertz CT molecular complexity index is 796. The number of benzene rings is 1. The summed E-state index contributed by atoms with van der Waals surface area (Å²) in [5.74, 6) is -0.669. The Morgan fingerprint density at radius 2 is 1.96 bits per heavy atom. The Kier molecular flexibility index (Phi) is 6.93. The number of carbonyl (C=O) groups excluding carboxylic acids is 2. The Hall–Kier alpha value is -3.15. The van der Waals surface area contributed by atoms with Gasteiger partial charge in [-0.1, -0.05) is 0 Å². The highest BCUT2D eigenvalue weighted by Gasteiger charge is 2.27. The van der Waals surface area contributed by atoms with Gasteiger partial charge in [0.2, 0.25) is 5.91 Å². The monoisotopic (exact) mass is 387 g/mol. The molecule has 1 aliphatic heterocycles. The molecule has 0 saturated carbocycles. The number of rotatable bonds is 6. The summed E-state index contributed by atoms with van der Waals surface area (Å²) in [6, 6.07) is 6.57. The minimum absolute atomic E-state index is 0.0126. The van der Waals surface area contributed by atoms with Crippen LogP contribution >= 0.6 is 0 Å². The third-order valence-corrected chi connectivity index (χ3v) is 4.87. The van der Waals surface area contributed by atoms with E-state index in [1.54, 1.807) is 30.9 Å². The predicted molar refractivity (Wildman–Crippen MR) is 104 cm³/mol. The Morgan fingerprint density at radius 3 is 2.46 bits per heavy atom. The normalized spacial score (nSPS) is 14.9. The summed E-state index contributed by atoms with van der Waals surface area (Å²) in [7, 11) is 0. The third kappa shape index (κ3) is 4.76. The molecule has 150 valence electrons. The van der Waals surface area contributed by atoms with Crippen LogP contribution in [0.25, 0.3) is 0 Å². The first-order valence-electron chi connectivity index (χ1n) is 9.26. The topological polar surface area (TPSA) is 111 Å². The van der Waals surface area contributed by atoms with E-state index in [4.69, 9.17) is 5.26 Å². The lowest BCUT2D eigenvalue weighted by Gasteiger charge is -2.35. The molecule has 1 aromatic rings. The first-order valence-corrected chi connectivity index (χ1v) is 9.26. The summed E-state index contributed by atoms with van der Waals surface area (Å²) in [5, 5.41) is 20.6.